The minimum Gasteiger partial charge on any atom is -0.394 e. The zero-order chi connectivity index (χ0) is 28.2. The second-order valence-electron chi connectivity index (χ2n) is 8.97. The molecule has 2 aromatic carbocycles. The first-order valence-electron chi connectivity index (χ1n) is 12.7. The zero-order valence-corrected chi connectivity index (χ0v) is 23.1. The summed E-state index contributed by atoms with van der Waals surface area (Å²) in [5.74, 6) is 0.248. The second kappa shape index (κ2) is 15.0. The Balaban J connectivity index is 1.41. The van der Waals surface area contributed by atoms with E-state index in [9.17, 15) is 9.67 Å². The summed E-state index contributed by atoms with van der Waals surface area (Å²) in [5.41, 5.74) is 8.61. The molecule has 0 saturated heterocycles. The van der Waals surface area contributed by atoms with Gasteiger partial charge in [0.2, 0.25) is 0 Å². The summed E-state index contributed by atoms with van der Waals surface area (Å²) in [6, 6.07) is 19.0. The zero-order valence-electron chi connectivity index (χ0n) is 22.2. The molecule has 3 unspecified atom stereocenters. The number of nitrogens with two attached hydrogens (primary N) is 1. The van der Waals surface area contributed by atoms with E-state index in [1.807, 2.05) is 60.7 Å². The van der Waals surface area contributed by atoms with Crippen molar-refractivity contribution >= 4 is 24.6 Å². The Kier molecular flexibility index (Phi) is 11.1. The quantitative estimate of drug-likeness (QED) is 0.179. The van der Waals surface area contributed by atoms with Crippen LogP contribution in [-0.2, 0) is 47.6 Å². The molecule has 0 amide bonds. The summed E-state index contributed by atoms with van der Waals surface area (Å²) in [7, 11) is -2.26. The highest BCUT2D eigenvalue weighted by atomic mass is 31.2. The molecule has 2 aromatic heterocycles. The lowest BCUT2D eigenvalue weighted by molar-refractivity contribution is -0.0402. The summed E-state index contributed by atoms with van der Waals surface area (Å²) in [4.78, 5) is 12.4. The predicted molar refractivity (Wildman–Crippen MR) is 148 cm³/mol. The number of hydrogen-bond donors (Lipinski definition) is 2. The fourth-order valence-electron chi connectivity index (χ4n) is 3.79. The van der Waals surface area contributed by atoms with Gasteiger partial charge in [-0.2, -0.15) is 0 Å². The van der Waals surface area contributed by atoms with E-state index in [2.05, 4.69) is 15.0 Å². The van der Waals surface area contributed by atoms with Crippen LogP contribution in [0.1, 0.15) is 11.1 Å². The molecule has 0 aliphatic heterocycles. The number of aromatic nitrogens is 4. The van der Waals surface area contributed by atoms with Crippen LogP contribution in [0.5, 0.6) is 0 Å². The van der Waals surface area contributed by atoms with Gasteiger partial charge in [-0.15, -0.1) is 0 Å². The van der Waals surface area contributed by atoms with E-state index < -0.39 is 26.2 Å². The van der Waals surface area contributed by atoms with Crippen LogP contribution >= 0.6 is 7.60 Å². The van der Waals surface area contributed by atoms with Gasteiger partial charge in [-0.3, -0.25) is 4.57 Å². The number of ether oxygens (including phenoxy) is 3. The molecule has 214 valence electrons. The largest absolute Gasteiger partial charge is 0.394 e. The van der Waals surface area contributed by atoms with Gasteiger partial charge in [-0.1, -0.05) is 60.7 Å². The van der Waals surface area contributed by atoms with Gasteiger partial charge in [0.05, 0.1) is 52.0 Å². The van der Waals surface area contributed by atoms with Crippen molar-refractivity contribution in [3.05, 3.63) is 84.4 Å². The Hall–Kier alpha value is -3.22. The average Bonchev–Trinajstić information content (AvgIpc) is 3.40. The van der Waals surface area contributed by atoms with E-state index in [0.717, 1.165) is 11.1 Å². The summed E-state index contributed by atoms with van der Waals surface area (Å²) in [6.45, 7) is 0.378. The lowest BCUT2D eigenvalue weighted by Crippen LogP contribution is -2.27. The third-order valence-corrected chi connectivity index (χ3v) is 7.44. The van der Waals surface area contributed by atoms with Crippen LogP contribution < -0.4 is 5.73 Å². The van der Waals surface area contributed by atoms with Crippen molar-refractivity contribution in [1.29, 1.82) is 0 Å². The van der Waals surface area contributed by atoms with E-state index in [1.165, 1.54) is 12.7 Å². The van der Waals surface area contributed by atoms with Crippen molar-refractivity contribution in [3.8, 4) is 0 Å². The number of benzene rings is 2. The van der Waals surface area contributed by atoms with Gasteiger partial charge in [0.15, 0.2) is 11.5 Å². The van der Waals surface area contributed by atoms with Crippen molar-refractivity contribution in [2.45, 2.75) is 32.0 Å². The summed E-state index contributed by atoms with van der Waals surface area (Å²) < 4.78 is 44.2. The molecule has 3 atom stereocenters. The number of methoxy groups -OCH3 is 1. The van der Waals surface area contributed by atoms with Crippen molar-refractivity contribution in [2.24, 2.45) is 0 Å². The van der Waals surface area contributed by atoms with Crippen LogP contribution in [-0.4, -0.2) is 70.1 Å². The molecule has 2 heterocycles. The van der Waals surface area contributed by atoms with Gasteiger partial charge >= 0.3 is 7.60 Å². The Bertz CT molecular complexity index is 1360. The first kappa shape index (κ1) is 29.8. The number of rotatable bonds is 17. The second-order valence-corrected chi connectivity index (χ2v) is 11.0. The molecule has 4 rings (SSSR count). The van der Waals surface area contributed by atoms with Crippen molar-refractivity contribution in [3.63, 3.8) is 0 Å². The first-order valence-corrected chi connectivity index (χ1v) is 14.4. The maximum absolute atomic E-state index is 13.8. The van der Waals surface area contributed by atoms with Gasteiger partial charge in [-0.25, -0.2) is 15.0 Å². The van der Waals surface area contributed by atoms with E-state index in [0.29, 0.717) is 17.8 Å². The molecule has 40 heavy (non-hydrogen) atoms. The number of hydrogen-bond acceptors (Lipinski definition) is 11. The fourth-order valence-corrected chi connectivity index (χ4v) is 5.14. The van der Waals surface area contributed by atoms with Crippen LogP contribution in [0.3, 0.4) is 0 Å². The molecule has 0 bridgehead atoms. The topological polar surface area (TPSA) is 153 Å². The maximum atomic E-state index is 13.8. The SMILES string of the molecule is COCC(COP(=O)(COC(CO)Cn1cnc2c(N)ncnc21)OCc1ccccc1)OCc1ccccc1. The van der Waals surface area contributed by atoms with Crippen LogP contribution in [0.4, 0.5) is 5.82 Å². The van der Waals surface area contributed by atoms with Crippen molar-refractivity contribution in [1.82, 2.24) is 19.5 Å². The molecule has 4 aromatic rings. The molecule has 13 heteroatoms. The minimum atomic E-state index is -3.81. The predicted octanol–water partition coefficient (Wildman–Crippen LogP) is 3.40. The number of aliphatic hydroxyl groups excluding tert-OH is 1. The number of anilines is 1. The van der Waals surface area contributed by atoms with Crippen molar-refractivity contribution in [2.75, 3.05) is 39.0 Å². The number of fused-ring (bicyclic) bond motifs is 1. The molecule has 0 fully saturated rings. The molecular formula is C27H34N5O7P. The highest BCUT2D eigenvalue weighted by Crippen LogP contribution is 2.49. The molecule has 3 N–H and O–H groups in total. The van der Waals surface area contributed by atoms with Crippen LogP contribution in [0, 0.1) is 0 Å². The normalized spacial score (nSPS) is 14.7. The lowest BCUT2D eigenvalue weighted by Gasteiger charge is -2.24. The van der Waals surface area contributed by atoms with E-state index in [1.54, 1.807) is 11.7 Å². The highest BCUT2D eigenvalue weighted by Gasteiger charge is 2.29. The molecule has 0 radical (unpaired) electrons. The smallest absolute Gasteiger partial charge is 0.356 e. The van der Waals surface area contributed by atoms with Gasteiger partial charge in [0.1, 0.15) is 24.3 Å². The molecule has 12 nitrogen and oxygen atoms in total. The van der Waals surface area contributed by atoms with E-state index in [-0.39, 0.29) is 38.8 Å². The first-order chi connectivity index (χ1) is 19.5. The third-order valence-electron chi connectivity index (χ3n) is 5.91. The van der Waals surface area contributed by atoms with Gasteiger partial charge in [0, 0.05) is 7.11 Å². The summed E-state index contributed by atoms with van der Waals surface area (Å²) in [6.07, 6.45) is 1.21. The minimum absolute atomic E-state index is 0.0490. The monoisotopic (exact) mass is 571 g/mol. The van der Waals surface area contributed by atoms with E-state index in [4.69, 9.17) is 29.0 Å². The highest BCUT2D eigenvalue weighted by molar-refractivity contribution is 7.53. The van der Waals surface area contributed by atoms with Gasteiger partial charge < -0.3 is 38.7 Å². The maximum Gasteiger partial charge on any atom is 0.356 e. The van der Waals surface area contributed by atoms with Crippen molar-refractivity contribution < 1.29 is 32.9 Å². The Morgan fingerprint density at radius 2 is 1.60 bits per heavy atom. The molecule has 0 spiro atoms. The van der Waals surface area contributed by atoms with Gasteiger partial charge in [0.25, 0.3) is 0 Å². The number of imidazole rings is 1. The standard InChI is InChI=1S/C27H34N5O7P/c1-35-16-24(36-14-21-8-4-2-5-9-21)17-39-40(34,38-15-22-10-6-3-7-11-22)20-37-23(13-33)12-32-19-31-25-26(28)29-18-30-27(25)32/h2-11,18-19,23-24,33H,12-17,20H2,1H3,(H2,28,29,30). The Morgan fingerprint density at radius 1 is 0.900 bits per heavy atom. The number of nitrogens with zero attached hydrogens (tertiary/aromatic N) is 4. The number of nitrogen functional groups attached to an aromatic ring is 1. The molecule has 0 saturated carbocycles. The molecule has 0 aliphatic carbocycles. The number of aliphatic hydroxyl groups is 1. The van der Waals surface area contributed by atoms with Crippen LogP contribution in [0.15, 0.2) is 73.3 Å². The summed E-state index contributed by atoms with van der Waals surface area (Å²) in [5, 5.41) is 10.00. The molecular weight excluding hydrogens is 537 g/mol. The van der Waals surface area contributed by atoms with Crippen LogP contribution in [0.25, 0.3) is 11.2 Å². The fraction of sp³-hybridized carbons (Fsp3) is 0.370. The average molecular weight is 572 g/mol. The van der Waals surface area contributed by atoms with Gasteiger partial charge in [-0.05, 0) is 11.1 Å². The lowest BCUT2D eigenvalue weighted by atomic mass is 10.2. The summed E-state index contributed by atoms with van der Waals surface area (Å²) >= 11 is 0. The third kappa shape index (κ3) is 8.64. The van der Waals surface area contributed by atoms with Crippen LogP contribution in [0.2, 0.25) is 0 Å². The Labute approximate surface area is 232 Å². The van der Waals surface area contributed by atoms with E-state index >= 15 is 0 Å². The Morgan fingerprint density at radius 3 is 2.27 bits per heavy atom. The molecule has 0 aliphatic rings.